The number of hydrogen-bond donors (Lipinski definition) is 3. The van der Waals surface area contributed by atoms with Crippen molar-refractivity contribution in [2.24, 2.45) is 0 Å². The Bertz CT molecular complexity index is 337. The van der Waals surface area contributed by atoms with Crippen molar-refractivity contribution in [2.45, 2.75) is 19.4 Å². The monoisotopic (exact) mass is 210 g/mol. The zero-order chi connectivity index (χ0) is 11.3. The Kier molecular flexibility index (Phi) is 4.05. The average molecular weight is 210 g/mol. The van der Waals surface area contributed by atoms with E-state index < -0.39 is 5.97 Å². The molecular formula is C10H14N2O3. The molecule has 5 nitrogen and oxygen atoms in total. The molecule has 82 valence electrons. The predicted molar refractivity (Wildman–Crippen MR) is 56.0 cm³/mol. The fraction of sp³-hybridized carbons (Fsp3) is 0.400. The Labute approximate surface area is 87.8 Å². The third-order valence-corrected chi connectivity index (χ3v) is 2.12. The lowest BCUT2D eigenvalue weighted by Gasteiger charge is -2.16. The van der Waals surface area contributed by atoms with Crippen molar-refractivity contribution in [3.8, 4) is 0 Å². The van der Waals surface area contributed by atoms with Crippen LogP contribution in [0.3, 0.4) is 0 Å². The number of carboxylic acids is 1. The quantitative estimate of drug-likeness (QED) is 0.674. The highest BCUT2D eigenvalue weighted by atomic mass is 16.4. The van der Waals surface area contributed by atoms with Gasteiger partial charge in [-0.25, -0.2) is 4.79 Å². The van der Waals surface area contributed by atoms with Crippen LogP contribution < -0.4 is 5.32 Å². The van der Waals surface area contributed by atoms with Crippen LogP contribution >= 0.6 is 0 Å². The fourth-order valence-electron chi connectivity index (χ4n) is 1.19. The van der Waals surface area contributed by atoms with Gasteiger partial charge in [0.25, 0.3) is 0 Å². The number of aliphatic hydroxyl groups is 1. The third-order valence-electron chi connectivity index (χ3n) is 2.12. The summed E-state index contributed by atoms with van der Waals surface area (Å²) >= 11 is 0. The zero-order valence-electron chi connectivity index (χ0n) is 8.47. The minimum atomic E-state index is -1.01. The molecule has 3 N–H and O–H groups in total. The van der Waals surface area contributed by atoms with E-state index in [2.05, 4.69) is 10.3 Å². The second-order valence-electron chi connectivity index (χ2n) is 3.16. The van der Waals surface area contributed by atoms with Crippen molar-refractivity contribution >= 4 is 11.7 Å². The van der Waals surface area contributed by atoms with E-state index in [0.29, 0.717) is 12.1 Å². The Morgan fingerprint density at radius 3 is 2.93 bits per heavy atom. The van der Waals surface area contributed by atoms with Gasteiger partial charge in [0.2, 0.25) is 0 Å². The molecule has 0 aliphatic carbocycles. The maximum Gasteiger partial charge on any atom is 0.337 e. The molecule has 5 heteroatoms. The lowest BCUT2D eigenvalue weighted by atomic mass is 10.2. The van der Waals surface area contributed by atoms with Gasteiger partial charge in [-0.3, -0.25) is 4.98 Å². The molecule has 1 rings (SSSR count). The van der Waals surface area contributed by atoms with Crippen LogP contribution in [0.25, 0.3) is 0 Å². The van der Waals surface area contributed by atoms with Crippen molar-refractivity contribution in [2.75, 3.05) is 11.9 Å². The molecule has 1 aromatic rings. The fourth-order valence-corrected chi connectivity index (χ4v) is 1.19. The summed E-state index contributed by atoms with van der Waals surface area (Å²) in [7, 11) is 0. The first-order valence-corrected chi connectivity index (χ1v) is 4.73. The number of rotatable bonds is 5. The van der Waals surface area contributed by atoms with Crippen molar-refractivity contribution in [1.82, 2.24) is 4.98 Å². The molecule has 0 radical (unpaired) electrons. The van der Waals surface area contributed by atoms with Crippen LogP contribution in [0.15, 0.2) is 18.5 Å². The molecule has 1 unspecified atom stereocenters. The third kappa shape index (κ3) is 2.92. The van der Waals surface area contributed by atoms with Crippen LogP contribution in [0, 0.1) is 0 Å². The summed E-state index contributed by atoms with van der Waals surface area (Å²) in [5.74, 6) is -1.01. The van der Waals surface area contributed by atoms with Crippen LogP contribution in [0.5, 0.6) is 0 Å². The highest BCUT2D eigenvalue weighted by molar-refractivity contribution is 5.93. The molecule has 0 spiro atoms. The minimum absolute atomic E-state index is 0.0372. The second kappa shape index (κ2) is 5.31. The number of carboxylic acid groups (broad SMARTS) is 1. The van der Waals surface area contributed by atoms with Gasteiger partial charge in [-0.2, -0.15) is 0 Å². The van der Waals surface area contributed by atoms with Gasteiger partial charge in [0.15, 0.2) is 0 Å². The topological polar surface area (TPSA) is 82.5 Å². The van der Waals surface area contributed by atoms with E-state index in [1.165, 1.54) is 18.5 Å². The SMILES string of the molecule is CCC(CO)Nc1cnccc1C(=O)O. The van der Waals surface area contributed by atoms with E-state index in [1.54, 1.807) is 0 Å². The summed E-state index contributed by atoms with van der Waals surface area (Å²) in [6.45, 7) is 1.87. The molecule has 1 aromatic heterocycles. The van der Waals surface area contributed by atoms with Gasteiger partial charge in [0.1, 0.15) is 0 Å². The van der Waals surface area contributed by atoms with Crippen molar-refractivity contribution in [3.63, 3.8) is 0 Å². The van der Waals surface area contributed by atoms with Crippen molar-refractivity contribution in [3.05, 3.63) is 24.0 Å². The Hall–Kier alpha value is -1.62. The van der Waals surface area contributed by atoms with Gasteiger partial charge >= 0.3 is 5.97 Å². The lowest BCUT2D eigenvalue weighted by molar-refractivity contribution is 0.0697. The summed E-state index contributed by atoms with van der Waals surface area (Å²) in [5.41, 5.74) is 0.600. The van der Waals surface area contributed by atoms with Gasteiger partial charge < -0.3 is 15.5 Å². The number of nitrogens with one attached hydrogen (secondary N) is 1. The molecular weight excluding hydrogens is 196 g/mol. The predicted octanol–water partition coefficient (Wildman–Crippen LogP) is 0.963. The molecule has 0 aliphatic rings. The van der Waals surface area contributed by atoms with Gasteiger partial charge in [-0.1, -0.05) is 6.92 Å². The van der Waals surface area contributed by atoms with E-state index in [-0.39, 0.29) is 18.2 Å². The van der Waals surface area contributed by atoms with Crippen LogP contribution in [0.4, 0.5) is 5.69 Å². The Balaban J connectivity index is 2.88. The summed E-state index contributed by atoms with van der Waals surface area (Å²) in [4.78, 5) is 14.7. The average Bonchev–Trinajstić information content (AvgIpc) is 2.26. The first-order chi connectivity index (χ1) is 7.19. The molecule has 0 fully saturated rings. The first kappa shape index (κ1) is 11.5. The van der Waals surface area contributed by atoms with Gasteiger partial charge in [0.05, 0.1) is 24.1 Å². The van der Waals surface area contributed by atoms with Gasteiger partial charge in [-0.15, -0.1) is 0 Å². The number of pyridine rings is 1. The smallest absolute Gasteiger partial charge is 0.337 e. The van der Waals surface area contributed by atoms with Crippen LogP contribution in [0.2, 0.25) is 0 Å². The second-order valence-corrected chi connectivity index (χ2v) is 3.16. The van der Waals surface area contributed by atoms with Crippen LogP contribution in [-0.2, 0) is 0 Å². The first-order valence-electron chi connectivity index (χ1n) is 4.73. The summed E-state index contributed by atoms with van der Waals surface area (Å²) in [6, 6.07) is 1.28. The highest BCUT2D eigenvalue weighted by Crippen LogP contribution is 2.15. The summed E-state index contributed by atoms with van der Waals surface area (Å²) in [6.07, 6.45) is 3.58. The summed E-state index contributed by atoms with van der Waals surface area (Å²) < 4.78 is 0. The molecule has 1 atom stereocenters. The van der Waals surface area contributed by atoms with Crippen LogP contribution in [-0.4, -0.2) is 33.8 Å². The number of hydrogen-bond acceptors (Lipinski definition) is 4. The molecule has 0 aromatic carbocycles. The molecule has 0 aliphatic heterocycles. The lowest BCUT2D eigenvalue weighted by Crippen LogP contribution is -2.24. The number of aromatic carboxylic acids is 1. The Morgan fingerprint density at radius 1 is 1.67 bits per heavy atom. The molecule has 15 heavy (non-hydrogen) atoms. The summed E-state index contributed by atoms with van der Waals surface area (Å²) in [5, 5.41) is 20.8. The normalized spacial score (nSPS) is 12.1. The van der Waals surface area contributed by atoms with E-state index in [0.717, 1.165) is 0 Å². The highest BCUT2D eigenvalue weighted by Gasteiger charge is 2.12. The molecule has 0 saturated carbocycles. The number of anilines is 1. The van der Waals surface area contributed by atoms with Gasteiger partial charge in [-0.05, 0) is 12.5 Å². The Morgan fingerprint density at radius 2 is 2.40 bits per heavy atom. The number of carbonyl (C=O) groups is 1. The van der Waals surface area contributed by atoms with E-state index >= 15 is 0 Å². The minimum Gasteiger partial charge on any atom is -0.478 e. The maximum atomic E-state index is 10.8. The standard InChI is InChI=1S/C10H14N2O3/c1-2-7(6-13)12-9-5-11-4-3-8(9)10(14)15/h3-5,7,12-13H,2,6H2,1H3,(H,14,15). The molecule has 1 heterocycles. The van der Waals surface area contributed by atoms with E-state index in [9.17, 15) is 4.79 Å². The number of nitrogens with zero attached hydrogens (tertiary/aromatic N) is 1. The molecule has 0 amide bonds. The zero-order valence-corrected chi connectivity index (χ0v) is 8.47. The van der Waals surface area contributed by atoms with E-state index in [4.69, 9.17) is 10.2 Å². The van der Waals surface area contributed by atoms with E-state index in [1.807, 2.05) is 6.92 Å². The van der Waals surface area contributed by atoms with Crippen molar-refractivity contribution < 1.29 is 15.0 Å². The molecule has 0 bridgehead atoms. The maximum absolute atomic E-state index is 10.8. The largest absolute Gasteiger partial charge is 0.478 e. The van der Waals surface area contributed by atoms with Crippen LogP contribution in [0.1, 0.15) is 23.7 Å². The number of aliphatic hydroxyl groups excluding tert-OH is 1. The van der Waals surface area contributed by atoms with Gasteiger partial charge in [0, 0.05) is 12.2 Å². The number of aromatic nitrogens is 1. The molecule has 0 saturated heterocycles. The van der Waals surface area contributed by atoms with Crippen molar-refractivity contribution in [1.29, 1.82) is 0 Å².